The first-order chi connectivity index (χ1) is 8.65. The van der Waals surface area contributed by atoms with Gasteiger partial charge in [0.05, 0.1) is 0 Å². The lowest BCUT2D eigenvalue weighted by molar-refractivity contribution is 0.629. The number of nitrogen functional groups attached to an aromatic ring is 1. The van der Waals surface area contributed by atoms with Gasteiger partial charge < -0.3 is 5.73 Å². The molecular formula is C15H10FNO. The molecule has 88 valence electrons. The minimum atomic E-state index is -0.414. The largest absolute Gasteiger partial charge is 0.399 e. The highest BCUT2D eigenvalue weighted by atomic mass is 19.1. The molecule has 2 nitrogen and oxygen atoms in total. The topological polar surface area (TPSA) is 43.1 Å². The third kappa shape index (κ3) is 1.61. The standard InChI is InChI=1S/C15H10FNO/c16-11-5-3-9-1-2-10-4-6-12(17)8-14(10)15(18)13(9)7-11/h1-8H,17H2. The number of fused-ring (bicyclic) bond motifs is 2. The van der Waals surface area contributed by atoms with Crippen LogP contribution in [0.5, 0.6) is 0 Å². The molecule has 0 fully saturated rings. The summed E-state index contributed by atoms with van der Waals surface area (Å²) >= 11 is 0. The molecule has 0 spiro atoms. The summed E-state index contributed by atoms with van der Waals surface area (Å²) in [5.74, 6) is -0.414. The molecule has 2 N–H and O–H groups in total. The van der Waals surface area contributed by atoms with Gasteiger partial charge in [-0.1, -0.05) is 24.3 Å². The fourth-order valence-electron chi connectivity index (χ4n) is 2.11. The van der Waals surface area contributed by atoms with Crippen molar-refractivity contribution in [2.24, 2.45) is 0 Å². The fraction of sp³-hybridized carbons (Fsp3) is 0. The van der Waals surface area contributed by atoms with E-state index in [0.717, 1.165) is 10.8 Å². The Labute approximate surface area is 102 Å². The molecule has 0 bridgehead atoms. The Balaban J connectivity index is 2.62. The quantitative estimate of drug-likeness (QED) is 0.612. The lowest BCUT2D eigenvalue weighted by atomic mass is 10.1. The monoisotopic (exact) mass is 239 g/mol. The summed E-state index contributed by atoms with van der Waals surface area (Å²) < 4.78 is 13.3. The molecule has 0 aliphatic carbocycles. The normalized spacial score (nSPS) is 10.9. The summed E-state index contributed by atoms with van der Waals surface area (Å²) in [6.07, 6.45) is 0. The molecule has 0 aliphatic heterocycles. The molecule has 0 radical (unpaired) electrons. The van der Waals surface area contributed by atoms with E-state index < -0.39 is 5.82 Å². The zero-order valence-corrected chi connectivity index (χ0v) is 9.48. The second-order valence-electron chi connectivity index (χ2n) is 4.24. The van der Waals surface area contributed by atoms with Gasteiger partial charge >= 0.3 is 0 Å². The van der Waals surface area contributed by atoms with Crippen molar-refractivity contribution < 1.29 is 4.39 Å². The van der Waals surface area contributed by atoms with Gasteiger partial charge in [-0.25, -0.2) is 4.39 Å². The number of halogens is 1. The second-order valence-corrected chi connectivity index (χ2v) is 4.24. The Hall–Kier alpha value is -2.42. The smallest absolute Gasteiger partial charge is 0.194 e. The van der Waals surface area contributed by atoms with Gasteiger partial charge in [0.1, 0.15) is 5.82 Å². The second kappa shape index (κ2) is 3.81. The van der Waals surface area contributed by atoms with Gasteiger partial charge in [-0.3, -0.25) is 4.79 Å². The third-order valence-corrected chi connectivity index (χ3v) is 3.02. The molecule has 3 heteroatoms. The Bertz CT molecular complexity index is 760. The minimum absolute atomic E-state index is 0.197. The maximum absolute atomic E-state index is 13.3. The van der Waals surface area contributed by atoms with E-state index in [9.17, 15) is 9.18 Å². The first-order valence-electron chi connectivity index (χ1n) is 5.57. The summed E-state index contributed by atoms with van der Waals surface area (Å²) in [6.45, 7) is 0. The Kier molecular flexibility index (Phi) is 2.27. The zero-order valence-electron chi connectivity index (χ0n) is 9.48. The molecule has 3 rings (SSSR count). The zero-order chi connectivity index (χ0) is 12.7. The number of anilines is 1. The van der Waals surface area contributed by atoms with Crippen LogP contribution in [0.3, 0.4) is 0 Å². The van der Waals surface area contributed by atoms with Crippen LogP contribution >= 0.6 is 0 Å². The molecule has 0 heterocycles. The predicted octanol–water partition coefficient (Wildman–Crippen LogP) is 3.07. The van der Waals surface area contributed by atoms with Gasteiger partial charge in [0, 0.05) is 16.5 Å². The van der Waals surface area contributed by atoms with Crippen molar-refractivity contribution in [1.82, 2.24) is 0 Å². The molecule has 0 amide bonds. The van der Waals surface area contributed by atoms with Gasteiger partial charge in [0.2, 0.25) is 0 Å². The van der Waals surface area contributed by atoms with E-state index in [-0.39, 0.29) is 5.43 Å². The maximum atomic E-state index is 13.3. The Morgan fingerprint density at radius 1 is 0.833 bits per heavy atom. The van der Waals surface area contributed by atoms with Crippen molar-refractivity contribution in [1.29, 1.82) is 0 Å². The molecular weight excluding hydrogens is 229 g/mol. The van der Waals surface area contributed by atoms with Crippen LogP contribution in [0.25, 0.3) is 21.5 Å². The summed E-state index contributed by atoms with van der Waals surface area (Å²) in [7, 11) is 0. The average molecular weight is 239 g/mol. The van der Waals surface area contributed by atoms with Crippen LogP contribution in [0.4, 0.5) is 10.1 Å². The van der Waals surface area contributed by atoms with Crippen LogP contribution in [0.1, 0.15) is 0 Å². The van der Waals surface area contributed by atoms with Crippen molar-refractivity contribution in [2.75, 3.05) is 5.73 Å². The van der Waals surface area contributed by atoms with Crippen LogP contribution in [0.15, 0.2) is 53.3 Å². The molecule has 0 unspecified atom stereocenters. The highest BCUT2D eigenvalue weighted by Crippen LogP contribution is 2.18. The molecule has 0 atom stereocenters. The molecule has 0 saturated carbocycles. The number of nitrogens with two attached hydrogens (primary N) is 1. The SMILES string of the molecule is Nc1ccc2ccc3ccc(F)cc3c(=O)c2c1. The van der Waals surface area contributed by atoms with E-state index in [4.69, 9.17) is 5.73 Å². The van der Waals surface area contributed by atoms with Crippen molar-refractivity contribution in [2.45, 2.75) is 0 Å². The number of hydrogen-bond donors (Lipinski definition) is 1. The van der Waals surface area contributed by atoms with Crippen LogP contribution in [0.2, 0.25) is 0 Å². The minimum Gasteiger partial charge on any atom is -0.399 e. The van der Waals surface area contributed by atoms with Gasteiger partial charge in [-0.2, -0.15) is 0 Å². The molecule has 0 saturated heterocycles. The van der Waals surface area contributed by atoms with Gasteiger partial charge in [0.15, 0.2) is 5.43 Å². The summed E-state index contributed by atoms with van der Waals surface area (Å²) in [4.78, 5) is 12.4. The maximum Gasteiger partial charge on any atom is 0.194 e. The van der Waals surface area contributed by atoms with Crippen molar-refractivity contribution >= 4 is 27.2 Å². The number of hydrogen-bond acceptors (Lipinski definition) is 2. The van der Waals surface area contributed by atoms with Crippen LogP contribution in [-0.2, 0) is 0 Å². The van der Waals surface area contributed by atoms with Gasteiger partial charge in [0.25, 0.3) is 0 Å². The molecule has 0 aliphatic rings. The van der Waals surface area contributed by atoms with E-state index in [1.807, 2.05) is 12.1 Å². The van der Waals surface area contributed by atoms with Crippen molar-refractivity contribution in [3.8, 4) is 0 Å². The summed E-state index contributed by atoms with van der Waals surface area (Å²) in [5.41, 5.74) is 6.02. The highest BCUT2D eigenvalue weighted by Gasteiger charge is 2.03. The predicted molar refractivity (Wildman–Crippen MR) is 72.1 cm³/mol. The molecule has 18 heavy (non-hydrogen) atoms. The lowest BCUT2D eigenvalue weighted by Gasteiger charge is -1.94. The Morgan fingerprint density at radius 3 is 2.11 bits per heavy atom. The van der Waals surface area contributed by atoms with Crippen molar-refractivity contribution in [3.63, 3.8) is 0 Å². The van der Waals surface area contributed by atoms with E-state index in [1.165, 1.54) is 12.1 Å². The fourth-order valence-corrected chi connectivity index (χ4v) is 2.11. The molecule has 0 aromatic heterocycles. The van der Waals surface area contributed by atoms with Crippen LogP contribution in [-0.4, -0.2) is 0 Å². The van der Waals surface area contributed by atoms with Gasteiger partial charge in [-0.15, -0.1) is 0 Å². The first-order valence-corrected chi connectivity index (χ1v) is 5.57. The van der Waals surface area contributed by atoms with E-state index in [2.05, 4.69) is 0 Å². The Morgan fingerprint density at radius 2 is 1.39 bits per heavy atom. The first kappa shape index (κ1) is 10.7. The van der Waals surface area contributed by atoms with Crippen LogP contribution < -0.4 is 11.2 Å². The van der Waals surface area contributed by atoms with E-state index in [0.29, 0.717) is 16.5 Å². The van der Waals surface area contributed by atoms with Gasteiger partial charge in [-0.05, 0) is 35.0 Å². The lowest BCUT2D eigenvalue weighted by Crippen LogP contribution is -1.99. The average Bonchev–Trinajstić information content (AvgIpc) is 2.49. The molecule has 3 aromatic carbocycles. The van der Waals surface area contributed by atoms with Crippen molar-refractivity contribution in [3.05, 3.63) is 64.6 Å². The number of rotatable bonds is 0. The highest BCUT2D eigenvalue weighted by molar-refractivity contribution is 5.94. The summed E-state index contributed by atoms with van der Waals surface area (Å²) in [6, 6.07) is 13.0. The third-order valence-electron chi connectivity index (χ3n) is 3.02. The molecule has 3 aromatic rings. The summed E-state index contributed by atoms with van der Waals surface area (Å²) in [5, 5.41) is 2.40. The van der Waals surface area contributed by atoms with E-state index in [1.54, 1.807) is 24.3 Å². The van der Waals surface area contributed by atoms with Crippen LogP contribution in [0, 0.1) is 5.82 Å². The van der Waals surface area contributed by atoms with E-state index >= 15 is 0 Å². The number of benzene rings is 2.